The Morgan fingerprint density at radius 2 is 2.15 bits per heavy atom. The first-order chi connectivity index (χ1) is 8.78. The Morgan fingerprint density at radius 3 is 2.90 bits per heavy atom. The van der Waals surface area contributed by atoms with Crippen molar-refractivity contribution in [3.63, 3.8) is 0 Å². The van der Waals surface area contributed by atoms with Crippen LogP contribution in [0.2, 0.25) is 0 Å². The summed E-state index contributed by atoms with van der Waals surface area (Å²) in [6, 6.07) is 0.707. The van der Waals surface area contributed by atoms with Gasteiger partial charge in [0.15, 0.2) is 0 Å². The van der Waals surface area contributed by atoms with Crippen molar-refractivity contribution in [3.8, 4) is 0 Å². The van der Waals surface area contributed by atoms with E-state index >= 15 is 0 Å². The SMILES string of the molecule is CCCN1CCC[C@@H]2Cc3nc(N)ncc3C[C@@H]21.Cl.Cl. The molecular formula is C14H24Cl2N4. The number of nitrogens with zero attached hydrogens (tertiary/aromatic N) is 3. The van der Waals surface area contributed by atoms with Crippen LogP contribution in [0.3, 0.4) is 0 Å². The van der Waals surface area contributed by atoms with Gasteiger partial charge in [0, 0.05) is 17.9 Å². The second-order valence-corrected chi connectivity index (χ2v) is 5.61. The van der Waals surface area contributed by atoms with Crippen molar-refractivity contribution < 1.29 is 0 Å². The average molecular weight is 319 g/mol. The molecule has 0 spiro atoms. The minimum atomic E-state index is 0. The van der Waals surface area contributed by atoms with Crippen molar-refractivity contribution in [1.82, 2.24) is 14.9 Å². The van der Waals surface area contributed by atoms with Gasteiger partial charge in [-0.1, -0.05) is 6.92 Å². The van der Waals surface area contributed by atoms with Crippen LogP contribution in [-0.4, -0.2) is 34.0 Å². The number of piperidine rings is 1. The van der Waals surface area contributed by atoms with Crippen molar-refractivity contribution in [1.29, 1.82) is 0 Å². The first kappa shape index (κ1) is 17.5. The highest BCUT2D eigenvalue weighted by Crippen LogP contribution is 2.34. The number of rotatable bonds is 2. The average Bonchev–Trinajstić information content (AvgIpc) is 2.37. The Balaban J connectivity index is 0.000001000. The molecule has 0 radical (unpaired) electrons. The van der Waals surface area contributed by atoms with E-state index < -0.39 is 0 Å². The van der Waals surface area contributed by atoms with Gasteiger partial charge in [0.1, 0.15) is 0 Å². The van der Waals surface area contributed by atoms with E-state index in [-0.39, 0.29) is 24.8 Å². The molecule has 1 aliphatic heterocycles. The fraction of sp³-hybridized carbons (Fsp3) is 0.714. The maximum atomic E-state index is 5.69. The Labute approximate surface area is 133 Å². The molecule has 3 rings (SSSR count). The molecule has 2 aliphatic rings. The minimum absolute atomic E-state index is 0. The highest BCUT2D eigenvalue weighted by Gasteiger charge is 2.35. The lowest BCUT2D eigenvalue weighted by molar-refractivity contribution is 0.0845. The van der Waals surface area contributed by atoms with Crippen LogP contribution in [0.1, 0.15) is 37.4 Å². The maximum absolute atomic E-state index is 5.69. The molecule has 0 amide bonds. The van der Waals surface area contributed by atoms with E-state index in [0.717, 1.165) is 18.8 Å². The summed E-state index contributed by atoms with van der Waals surface area (Å²) in [6.45, 7) is 4.76. The highest BCUT2D eigenvalue weighted by atomic mass is 35.5. The highest BCUT2D eigenvalue weighted by molar-refractivity contribution is 5.85. The van der Waals surface area contributed by atoms with E-state index in [1.54, 1.807) is 0 Å². The fourth-order valence-corrected chi connectivity index (χ4v) is 3.59. The predicted octanol–water partition coefficient (Wildman–Crippen LogP) is 2.49. The molecule has 114 valence electrons. The molecule has 0 unspecified atom stereocenters. The third-order valence-corrected chi connectivity index (χ3v) is 4.40. The fourth-order valence-electron chi connectivity index (χ4n) is 3.59. The largest absolute Gasteiger partial charge is 0.368 e. The zero-order valence-electron chi connectivity index (χ0n) is 11.9. The van der Waals surface area contributed by atoms with E-state index in [9.17, 15) is 0 Å². The molecule has 0 aromatic carbocycles. The van der Waals surface area contributed by atoms with Crippen LogP contribution in [0.15, 0.2) is 6.20 Å². The molecule has 0 bridgehead atoms. The van der Waals surface area contributed by atoms with Gasteiger partial charge in [0.2, 0.25) is 5.95 Å². The molecule has 2 atom stereocenters. The lowest BCUT2D eigenvalue weighted by Gasteiger charge is -2.44. The zero-order chi connectivity index (χ0) is 12.5. The van der Waals surface area contributed by atoms with E-state index in [2.05, 4.69) is 21.8 Å². The van der Waals surface area contributed by atoms with Crippen LogP contribution >= 0.6 is 24.8 Å². The van der Waals surface area contributed by atoms with Crippen molar-refractivity contribution in [2.24, 2.45) is 5.92 Å². The van der Waals surface area contributed by atoms with E-state index in [4.69, 9.17) is 5.73 Å². The first-order valence-electron chi connectivity index (χ1n) is 7.12. The van der Waals surface area contributed by atoms with E-state index in [1.807, 2.05) is 6.20 Å². The normalized spacial score (nSPS) is 24.9. The molecule has 6 heteroatoms. The van der Waals surface area contributed by atoms with E-state index in [0.29, 0.717) is 12.0 Å². The molecule has 1 aromatic rings. The molecule has 1 aromatic heterocycles. The van der Waals surface area contributed by atoms with Crippen molar-refractivity contribution in [3.05, 3.63) is 17.5 Å². The summed E-state index contributed by atoms with van der Waals surface area (Å²) in [7, 11) is 0. The number of aromatic nitrogens is 2. The minimum Gasteiger partial charge on any atom is -0.368 e. The van der Waals surface area contributed by atoms with Crippen LogP contribution in [0.4, 0.5) is 5.95 Å². The van der Waals surface area contributed by atoms with Crippen molar-refractivity contribution in [2.75, 3.05) is 18.8 Å². The molecule has 0 saturated carbocycles. The second kappa shape index (κ2) is 7.43. The quantitative estimate of drug-likeness (QED) is 0.910. The number of nitrogens with two attached hydrogens (primary N) is 1. The van der Waals surface area contributed by atoms with Gasteiger partial charge in [-0.3, -0.25) is 4.90 Å². The van der Waals surface area contributed by atoms with Gasteiger partial charge < -0.3 is 5.73 Å². The molecular weight excluding hydrogens is 295 g/mol. The molecule has 2 N–H and O–H groups in total. The number of hydrogen-bond acceptors (Lipinski definition) is 4. The second-order valence-electron chi connectivity index (χ2n) is 5.61. The van der Waals surface area contributed by atoms with Gasteiger partial charge in [0.25, 0.3) is 0 Å². The lowest BCUT2D eigenvalue weighted by Crippen LogP contribution is -2.49. The maximum Gasteiger partial charge on any atom is 0.220 e. The molecule has 20 heavy (non-hydrogen) atoms. The zero-order valence-corrected chi connectivity index (χ0v) is 13.6. The number of fused-ring (bicyclic) bond motifs is 2. The van der Waals surface area contributed by atoms with Crippen LogP contribution in [0, 0.1) is 5.92 Å². The Bertz CT molecular complexity index is 439. The Hall–Kier alpha value is -0.580. The molecule has 1 aliphatic carbocycles. The Morgan fingerprint density at radius 1 is 1.35 bits per heavy atom. The molecule has 1 fully saturated rings. The van der Waals surface area contributed by atoms with Gasteiger partial charge in [-0.05, 0) is 56.7 Å². The summed E-state index contributed by atoms with van der Waals surface area (Å²) in [5, 5.41) is 0. The standard InChI is InChI=1S/C14H22N4.2ClH/c1-2-5-18-6-3-4-10-7-12-11(8-13(10)18)9-16-14(15)17-12;;/h9-10,13H,2-8H2,1H3,(H2,15,16,17);2*1H/t10-,13+;;/m1../s1. The summed E-state index contributed by atoms with van der Waals surface area (Å²) in [5.41, 5.74) is 8.20. The number of likely N-dealkylation sites (tertiary alicyclic amines) is 1. The van der Waals surface area contributed by atoms with Crippen molar-refractivity contribution in [2.45, 2.75) is 45.1 Å². The smallest absolute Gasteiger partial charge is 0.220 e. The number of nitrogen functional groups attached to an aromatic ring is 1. The number of anilines is 1. The van der Waals surface area contributed by atoms with Gasteiger partial charge in [-0.15, -0.1) is 24.8 Å². The summed E-state index contributed by atoms with van der Waals surface area (Å²) < 4.78 is 0. The molecule has 1 saturated heterocycles. The van der Waals surface area contributed by atoms with Gasteiger partial charge >= 0.3 is 0 Å². The van der Waals surface area contributed by atoms with Crippen LogP contribution < -0.4 is 5.73 Å². The lowest BCUT2D eigenvalue weighted by atomic mass is 9.77. The summed E-state index contributed by atoms with van der Waals surface area (Å²) in [5.74, 6) is 1.19. The van der Waals surface area contributed by atoms with Crippen LogP contribution in [0.25, 0.3) is 0 Å². The third kappa shape index (κ3) is 3.35. The monoisotopic (exact) mass is 318 g/mol. The van der Waals surface area contributed by atoms with Gasteiger partial charge in [0.05, 0.1) is 0 Å². The van der Waals surface area contributed by atoms with Crippen molar-refractivity contribution >= 4 is 30.8 Å². The van der Waals surface area contributed by atoms with Gasteiger partial charge in [-0.2, -0.15) is 0 Å². The van der Waals surface area contributed by atoms with E-state index in [1.165, 1.54) is 43.6 Å². The first-order valence-corrected chi connectivity index (χ1v) is 7.12. The van der Waals surface area contributed by atoms with Crippen LogP contribution in [0.5, 0.6) is 0 Å². The summed E-state index contributed by atoms with van der Waals surface area (Å²) in [6.07, 6.45) is 8.06. The predicted molar refractivity (Wildman–Crippen MR) is 86.7 cm³/mol. The molecule has 4 nitrogen and oxygen atoms in total. The molecule has 2 heterocycles. The number of hydrogen-bond donors (Lipinski definition) is 1. The van der Waals surface area contributed by atoms with Crippen LogP contribution in [-0.2, 0) is 12.8 Å². The third-order valence-electron chi connectivity index (χ3n) is 4.40. The number of halogens is 2. The van der Waals surface area contributed by atoms with Gasteiger partial charge in [-0.25, -0.2) is 9.97 Å². The Kier molecular flexibility index (Phi) is 6.49. The summed E-state index contributed by atoms with van der Waals surface area (Å²) in [4.78, 5) is 11.2. The summed E-state index contributed by atoms with van der Waals surface area (Å²) >= 11 is 0. The topological polar surface area (TPSA) is 55.0 Å².